The number of halogens is 1. The van der Waals surface area contributed by atoms with Crippen molar-refractivity contribution in [1.29, 1.82) is 0 Å². The van der Waals surface area contributed by atoms with Crippen LogP contribution in [0.25, 0.3) is 11.0 Å². The molecule has 1 aromatic heterocycles. The van der Waals surface area contributed by atoms with Crippen LogP contribution in [0, 0.1) is 10.1 Å². The van der Waals surface area contributed by atoms with Crippen LogP contribution < -0.4 is 5.43 Å². The molecule has 0 saturated carbocycles. The molecule has 1 fully saturated rings. The van der Waals surface area contributed by atoms with Crippen LogP contribution >= 0.6 is 15.9 Å². The molecular formula is C22H17BrN2O6. The number of amides is 1. The molecule has 0 N–H and O–H groups in total. The Bertz CT molecular complexity index is 1280. The molecule has 9 heteroatoms. The zero-order valence-corrected chi connectivity index (χ0v) is 17.8. The molecule has 2 atom stereocenters. The average molecular weight is 485 g/mol. The van der Waals surface area contributed by atoms with Crippen LogP contribution in [0.3, 0.4) is 0 Å². The van der Waals surface area contributed by atoms with Gasteiger partial charge in [-0.3, -0.25) is 19.7 Å². The number of carbonyl (C=O) groups is 1. The number of non-ortho nitro benzene ring substituents is 1. The predicted octanol–water partition coefficient (Wildman–Crippen LogP) is 4.19. The van der Waals surface area contributed by atoms with E-state index in [1.165, 1.54) is 12.1 Å². The van der Waals surface area contributed by atoms with Gasteiger partial charge in [0.15, 0.2) is 5.43 Å². The van der Waals surface area contributed by atoms with Gasteiger partial charge in [-0.1, -0.05) is 28.1 Å². The maximum Gasteiger partial charge on any atom is 0.291 e. The quantitative estimate of drug-likeness (QED) is 0.406. The van der Waals surface area contributed by atoms with Gasteiger partial charge in [0.2, 0.25) is 5.76 Å². The average Bonchev–Trinajstić information content (AvgIpc) is 3.36. The number of fused-ring (bicyclic) bond motifs is 2. The van der Waals surface area contributed by atoms with Crippen LogP contribution in [0.5, 0.6) is 0 Å². The monoisotopic (exact) mass is 484 g/mol. The molecule has 0 bridgehead atoms. The van der Waals surface area contributed by atoms with Gasteiger partial charge < -0.3 is 14.1 Å². The minimum absolute atomic E-state index is 0.0191. The van der Waals surface area contributed by atoms with Gasteiger partial charge >= 0.3 is 0 Å². The number of nitro benzene ring substituents is 1. The van der Waals surface area contributed by atoms with E-state index in [1.807, 2.05) is 0 Å². The Morgan fingerprint density at radius 2 is 2.03 bits per heavy atom. The minimum Gasteiger partial charge on any atom is -0.450 e. The molecule has 1 amide bonds. The van der Waals surface area contributed by atoms with E-state index < -0.39 is 16.9 Å². The number of nitro groups is 1. The van der Waals surface area contributed by atoms with Crippen molar-refractivity contribution in [1.82, 2.24) is 4.90 Å². The van der Waals surface area contributed by atoms with Crippen LogP contribution in [0.4, 0.5) is 5.69 Å². The van der Waals surface area contributed by atoms with Crippen LogP contribution in [-0.2, 0) is 4.74 Å². The number of hydrogen-bond acceptors (Lipinski definition) is 6. The number of ether oxygens (including phenoxy) is 1. The maximum atomic E-state index is 13.5. The summed E-state index contributed by atoms with van der Waals surface area (Å²) in [7, 11) is 0. The lowest BCUT2D eigenvalue weighted by Crippen LogP contribution is -2.36. The Labute approximate surface area is 184 Å². The van der Waals surface area contributed by atoms with Crippen molar-refractivity contribution in [3.63, 3.8) is 0 Å². The highest BCUT2D eigenvalue weighted by atomic mass is 79.9. The van der Waals surface area contributed by atoms with Crippen LogP contribution in [-0.4, -0.2) is 35.0 Å². The standard InChI is InChI=1S/C22H17BrN2O6/c23-13-6-7-17-16(10-13)20(26)18-19(12-3-1-4-14(9-12)25(28)29)24(22(27)21(18)31-17)11-15-5-2-8-30-15/h1,3-4,6-7,9-10,15,19H,2,5,8,11H2/t15-,19+/m1/s1. The number of benzene rings is 2. The zero-order valence-electron chi connectivity index (χ0n) is 16.2. The largest absolute Gasteiger partial charge is 0.450 e. The Hall–Kier alpha value is -3.04. The third-order valence-electron chi connectivity index (χ3n) is 5.75. The first-order chi connectivity index (χ1) is 14.9. The van der Waals surface area contributed by atoms with Gasteiger partial charge in [0.25, 0.3) is 11.6 Å². The molecule has 2 aromatic carbocycles. The van der Waals surface area contributed by atoms with Gasteiger partial charge in [0.1, 0.15) is 5.58 Å². The SMILES string of the molecule is O=C1c2oc3ccc(Br)cc3c(=O)c2[C@H](c2cccc([N+](=O)[O-])c2)N1C[C@H]1CCCO1. The van der Waals surface area contributed by atoms with E-state index in [2.05, 4.69) is 15.9 Å². The van der Waals surface area contributed by atoms with Gasteiger partial charge in [-0.2, -0.15) is 0 Å². The smallest absolute Gasteiger partial charge is 0.291 e. The number of hydrogen-bond donors (Lipinski definition) is 0. The lowest BCUT2D eigenvalue weighted by Gasteiger charge is -2.27. The van der Waals surface area contributed by atoms with E-state index in [1.54, 1.807) is 35.2 Å². The lowest BCUT2D eigenvalue weighted by atomic mass is 9.98. The molecule has 1 saturated heterocycles. The molecule has 158 valence electrons. The molecule has 31 heavy (non-hydrogen) atoms. The minimum atomic E-state index is -0.786. The number of rotatable bonds is 4. The number of nitrogens with zero attached hydrogens (tertiary/aromatic N) is 2. The fourth-order valence-corrected chi connectivity index (χ4v) is 4.70. The highest BCUT2D eigenvalue weighted by Crippen LogP contribution is 2.40. The third kappa shape index (κ3) is 3.34. The summed E-state index contributed by atoms with van der Waals surface area (Å²) in [5, 5.41) is 11.7. The lowest BCUT2D eigenvalue weighted by molar-refractivity contribution is -0.384. The van der Waals surface area contributed by atoms with E-state index in [4.69, 9.17) is 9.15 Å². The van der Waals surface area contributed by atoms with Crippen LogP contribution in [0.2, 0.25) is 0 Å². The molecule has 0 radical (unpaired) electrons. The first kappa shape index (κ1) is 19.9. The summed E-state index contributed by atoms with van der Waals surface area (Å²) in [5.41, 5.74) is 0.577. The van der Waals surface area contributed by atoms with Crippen molar-refractivity contribution < 1.29 is 18.9 Å². The normalized spacial score (nSPS) is 20.4. The fourth-order valence-electron chi connectivity index (χ4n) is 4.34. The molecule has 0 unspecified atom stereocenters. The Morgan fingerprint density at radius 3 is 2.77 bits per heavy atom. The molecule has 0 aliphatic carbocycles. The molecule has 2 aliphatic heterocycles. The fraction of sp³-hybridized carbons (Fsp3) is 0.273. The predicted molar refractivity (Wildman–Crippen MR) is 115 cm³/mol. The molecular weight excluding hydrogens is 468 g/mol. The molecule has 2 aliphatic rings. The molecule has 8 nitrogen and oxygen atoms in total. The molecule has 3 heterocycles. The van der Waals surface area contributed by atoms with E-state index in [9.17, 15) is 19.7 Å². The van der Waals surface area contributed by atoms with Crippen molar-refractivity contribution in [2.45, 2.75) is 25.0 Å². The summed E-state index contributed by atoms with van der Waals surface area (Å²) in [6, 6.07) is 10.3. The topological polar surface area (TPSA) is 103 Å². The summed E-state index contributed by atoms with van der Waals surface area (Å²) < 4.78 is 12.3. The van der Waals surface area contributed by atoms with Crippen LogP contribution in [0.1, 0.15) is 40.6 Å². The second-order valence-electron chi connectivity index (χ2n) is 7.66. The van der Waals surface area contributed by atoms with Crippen molar-refractivity contribution in [2.24, 2.45) is 0 Å². The summed E-state index contributed by atoms with van der Waals surface area (Å²) in [5.74, 6) is -0.432. The highest BCUT2D eigenvalue weighted by Gasteiger charge is 2.44. The number of carbonyl (C=O) groups excluding carboxylic acids is 1. The van der Waals surface area contributed by atoms with Gasteiger partial charge in [0.05, 0.1) is 28.0 Å². The summed E-state index contributed by atoms with van der Waals surface area (Å²) >= 11 is 3.37. The summed E-state index contributed by atoms with van der Waals surface area (Å²) in [6.07, 6.45) is 1.55. The van der Waals surface area contributed by atoms with Gasteiger partial charge in [-0.25, -0.2) is 0 Å². The first-order valence-corrected chi connectivity index (χ1v) is 10.7. The Morgan fingerprint density at radius 1 is 1.19 bits per heavy atom. The highest BCUT2D eigenvalue weighted by molar-refractivity contribution is 9.10. The van der Waals surface area contributed by atoms with E-state index in [-0.39, 0.29) is 35.1 Å². The van der Waals surface area contributed by atoms with E-state index >= 15 is 0 Å². The third-order valence-corrected chi connectivity index (χ3v) is 6.24. The second kappa shape index (κ2) is 7.58. The molecule has 0 spiro atoms. The molecule has 3 aromatic rings. The Kier molecular flexibility index (Phi) is 4.86. The summed E-state index contributed by atoms with van der Waals surface area (Å²) in [4.78, 5) is 39.2. The maximum absolute atomic E-state index is 13.5. The zero-order chi connectivity index (χ0) is 21.7. The van der Waals surface area contributed by atoms with Crippen molar-refractivity contribution >= 4 is 38.5 Å². The second-order valence-corrected chi connectivity index (χ2v) is 8.58. The van der Waals surface area contributed by atoms with Crippen LogP contribution in [0.15, 0.2) is 56.1 Å². The van der Waals surface area contributed by atoms with Crippen molar-refractivity contribution in [2.75, 3.05) is 13.2 Å². The van der Waals surface area contributed by atoms with E-state index in [0.29, 0.717) is 27.6 Å². The first-order valence-electron chi connectivity index (χ1n) is 9.87. The van der Waals surface area contributed by atoms with Crippen molar-refractivity contribution in [3.8, 4) is 0 Å². The van der Waals surface area contributed by atoms with Gasteiger partial charge in [-0.05, 0) is 36.6 Å². The van der Waals surface area contributed by atoms with Gasteiger partial charge in [0, 0.05) is 29.8 Å². The van der Waals surface area contributed by atoms with E-state index in [0.717, 1.165) is 12.8 Å². The Balaban J connectivity index is 1.72. The summed E-state index contributed by atoms with van der Waals surface area (Å²) in [6.45, 7) is 0.895. The van der Waals surface area contributed by atoms with Gasteiger partial charge in [-0.15, -0.1) is 0 Å². The van der Waals surface area contributed by atoms with Crippen molar-refractivity contribution in [3.05, 3.63) is 84.2 Å². The molecule has 5 rings (SSSR count).